The summed E-state index contributed by atoms with van der Waals surface area (Å²) >= 11 is 0. The fourth-order valence-corrected chi connectivity index (χ4v) is 4.86. The van der Waals surface area contributed by atoms with Crippen LogP contribution in [0.1, 0.15) is 43.2 Å². The molecule has 172 valence electrons. The predicted molar refractivity (Wildman–Crippen MR) is 107 cm³/mol. The number of nitrogens with one attached hydrogen (secondary N) is 2. The van der Waals surface area contributed by atoms with Crippen LogP contribution >= 0.6 is 0 Å². The molecule has 1 aromatic heterocycles. The first-order valence-corrected chi connectivity index (χ1v) is 11.6. The summed E-state index contributed by atoms with van der Waals surface area (Å²) in [5.41, 5.74) is 6.13. The number of hydrogen-bond donors (Lipinski definition) is 4. The van der Waals surface area contributed by atoms with Gasteiger partial charge in [0, 0.05) is 44.7 Å². The van der Waals surface area contributed by atoms with E-state index in [1.54, 1.807) is 0 Å². The van der Waals surface area contributed by atoms with Gasteiger partial charge in [0.2, 0.25) is 0 Å². The molecule has 4 rings (SSSR count). The number of piperidine rings is 2. The molecule has 3 saturated heterocycles. The Bertz CT molecular complexity index is 929. The summed E-state index contributed by atoms with van der Waals surface area (Å²) in [7, 11) is -4.77. The van der Waals surface area contributed by atoms with Crippen molar-refractivity contribution < 1.29 is 26.6 Å². The lowest BCUT2D eigenvalue weighted by molar-refractivity contribution is -0.0317. The first-order chi connectivity index (χ1) is 14.7. The van der Waals surface area contributed by atoms with Crippen LogP contribution in [-0.2, 0) is 21.1 Å². The highest BCUT2D eigenvalue weighted by molar-refractivity contribution is 7.80. The number of rotatable bonds is 7. The van der Waals surface area contributed by atoms with Gasteiger partial charge in [-0.1, -0.05) is 5.16 Å². The maximum absolute atomic E-state index is 12.5. The number of urea groups is 1. The second-order valence-corrected chi connectivity index (χ2v) is 9.08. The third-order valence-corrected chi connectivity index (χ3v) is 6.40. The van der Waals surface area contributed by atoms with E-state index in [-0.39, 0.29) is 12.0 Å². The van der Waals surface area contributed by atoms with Gasteiger partial charge in [-0.05, 0) is 25.7 Å². The molecule has 2 atom stereocenters. The average molecular weight is 458 g/mol. The quantitative estimate of drug-likeness (QED) is 0.244. The molecular formula is C17H27N7O6S. The number of amides is 2. The van der Waals surface area contributed by atoms with Crippen LogP contribution in [0.4, 0.5) is 4.79 Å². The molecule has 0 aliphatic carbocycles. The number of fused-ring (bicyclic) bond motifs is 2. The van der Waals surface area contributed by atoms with Gasteiger partial charge < -0.3 is 25.4 Å². The first kappa shape index (κ1) is 21.8. The van der Waals surface area contributed by atoms with Gasteiger partial charge in [0.15, 0.2) is 5.96 Å². The number of carbonyl (C=O) groups excluding carboxylic acids is 1. The molecule has 31 heavy (non-hydrogen) atoms. The summed E-state index contributed by atoms with van der Waals surface area (Å²) in [4.78, 5) is 15.9. The normalized spacial score (nSPS) is 24.8. The molecule has 0 unspecified atom stereocenters. The summed E-state index contributed by atoms with van der Waals surface area (Å²) in [5, 5.41) is 15.8. The molecule has 3 aliphatic heterocycles. The molecule has 0 radical (unpaired) electrons. The number of aromatic nitrogens is 1. The largest absolute Gasteiger partial charge is 0.418 e. The molecule has 1 aromatic rings. The highest BCUT2D eigenvalue weighted by Crippen LogP contribution is 2.38. The Hall–Kier alpha value is -2.42. The highest BCUT2D eigenvalue weighted by Gasteiger charge is 2.48. The second kappa shape index (κ2) is 8.61. The standard InChI is InChI=1S/C17H27N7O6S/c18-16(19)22-7-4-11(5-8-22)20-6-3-13-9-14(21-29-13)15-2-1-12-10-23(15)17(25)24(12)30-31(26,27)28/h9,11-12,15,20H,1-8,10H2,(H3,18,19)(H,26,27,28)/t12-,15-/m0/s1. The van der Waals surface area contributed by atoms with Gasteiger partial charge in [-0.2, -0.15) is 13.5 Å². The summed E-state index contributed by atoms with van der Waals surface area (Å²) < 4.78 is 40.8. The van der Waals surface area contributed by atoms with Crippen LogP contribution < -0.4 is 11.1 Å². The minimum atomic E-state index is -4.77. The molecule has 0 spiro atoms. The van der Waals surface area contributed by atoms with E-state index in [9.17, 15) is 13.2 Å². The van der Waals surface area contributed by atoms with Gasteiger partial charge in [0.25, 0.3) is 0 Å². The molecule has 13 nitrogen and oxygen atoms in total. The lowest BCUT2D eigenvalue weighted by Crippen LogP contribution is -2.47. The molecule has 3 aliphatic rings. The smallest absolute Gasteiger partial charge is 0.370 e. The van der Waals surface area contributed by atoms with E-state index in [1.807, 2.05) is 11.0 Å². The molecule has 0 aromatic carbocycles. The van der Waals surface area contributed by atoms with Crippen molar-refractivity contribution in [2.75, 3.05) is 26.2 Å². The first-order valence-electron chi connectivity index (χ1n) is 10.3. The third kappa shape index (κ3) is 4.92. The molecule has 14 heteroatoms. The van der Waals surface area contributed by atoms with Crippen LogP contribution in [0, 0.1) is 5.41 Å². The van der Waals surface area contributed by atoms with Gasteiger partial charge in [0.05, 0.1) is 12.1 Å². The molecule has 3 fully saturated rings. The monoisotopic (exact) mass is 457 g/mol. The number of hydroxylamine groups is 2. The van der Waals surface area contributed by atoms with Crippen LogP contribution in [-0.4, -0.2) is 83.2 Å². The lowest BCUT2D eigenvalue weighted by Gasteiger charge is -2.32. The number of likely N-dealkylation sites (tertiary alicyclic amines) is 1. The van der Waals surface area contributed by atoms with Crippen LogP contribution in [0.2, 0.25) is 0 Å². The van der Waals surface area contributed by atoms with Crippen LogP contribution in [0.25, 0.3) is 0 Å². The zero-order chi connectivity index (χ0) is 22.2. The summed E-state index contributed by atoms with van der Waals surface area (Å²) in [6.07, 6.45) is 3.58. The molecule has 4 heterocycles. The molecule has 2 amide bonds. The predicted octanol–water partition coefficient (Wildman–Crippen LogP) is -0.160. The zero-order valence-electron chi connectivity index (χ0n) is 16.9. The maximum atomic E-state index is 12.5. The van der Waals surface area contributed by atoms with Crippen molar-refractivity contribution >= 4 is 22.4 Å². The van der Waals surface area contributed by atoms with Crippen molar-refractivity contribution in [3.63, 3.8) is 0 Å². The van der Waals surface area contributed by atoms with Crippen LogP contribution in [0.5, 0.6) is 0 Å². The second-order valence-electron chi connectivity index (χ2n) is 8.08. The Balaban J connectivity index is 1.28. The maximum Gasteiger partial charge on any atom is 0.418 e. The number of hydrogen-bond acceptors (Lipinski definition) is 8. The van der Waals surface area contributed by atoms with Gasteiger partial charge >= 0.3 is 16.4 Å². The van der Waals surface area contributed by atoms with E-state index in [4.69, 9.17) is 20.2 Å². The van der Waals surface area contributed by atoms with Gasteiger partial charge in [0.1, 0.15) is 11.5 Å². The zero-order valence-corrected chi connectivity index (χ0v) is 17.8. The fraction of sp³-hybridized carbons (Fsp3) is 0.706. The number of carbonyl (C=O) groups is 1. The Kier molecular flexibility index (Phi) is 6.05. The minimum absolute atomic E-state index is 0.117. The summed E-state index contributed by atoms with van der Waals surface area (Å²) in [5.74, 6) is 0.814. The van der Waals surface area contributed by atoms with Crippen molar-refractivity contribution in [3.05, 3.63) is 17.5 Å². The van der Waals surface area contributed by atoms with E-state index in [1.165, 1.54) is 4.90 Å². The van der Waals surface area contributed by atoms with Crippen molar-refractivity contribution in [1.82, 2.24) is 25.3 Å². The Morgan fingerprint density at radius 3 is 2.77 bits per heavy atom. The average Bonchev–Trinajstić information content (AvgIpc) is 3.27. The van der Waals surface area contributed by atoms with Crippen molar-refractivity contribution in [1.29, 1.82) is 5.41 Å². The topological polar surface area (TPSA) is 178 Å². The van der Waals surface area contributed by atoms with Gasteiger partial charge in [-0.25, -0.2) is 4.79 Å². The number of guanidine groups is 1. The van der Waals surface area contributed by atoms with Crippen LogP contribution in [0.3, 0.4) is 0 Å². The van der Waals surface area contributed by atoms with Gasteiger partial charge in [-0.3, -0.25) is 9.96 Å². The molecule has 0 saturated carbocycles. The Morgan fingerprint density at radius 1 is 1.35 bits per heavy atom. The number of nitrogens with two attached hydrogens (primary N) is 1. The van der Waals surface area contributed by atoms with Crippen LogP contribution in [0.15, 0.2) is 10.6 Å². The summed E-state index contributed by atoms with van der Waals surface area (Å²) in [6, 6.07) is 0.804. The SMILES string of the molecule is N=C(N)N1CCC(NCCc2cc([C@@H]3CC[C@H]4CN3C(=O)N4OS(=O)(=O)O)no2)CC1. The summed E-state index contributed by atoms with van der Waals surface area (Å²) in [6.45, 7) is 2.54. The Morgan fingerprint density at radius 2 is 2.10 bits per heavy atom. The molecule has 5 N–H and O–H groups in total. The van der Waals surface area contributed by atoms with E-state index < -0.39 is 22.5 Å². The van der Waals surface area contributed by atoms with Crippen molar-refractivity contribution in [3.8, 4) is 0 Å². The lowest BCUT2D eigenvalue weighted by atomic mass is 9.98. The molecular weight excluding hydrogens is 430 g/mol. The van der Waals surface area contributed by atoms with Crippen molar-refractivity contribution in [2.45, 2.75) is 50.2 Å². The van der Waals surface area contributed by atoms with Crippen molar-refractivity contribution in [2.24, 2.45) is 5.73 Å². The van der Waals surface area contributed by atoms with E-state index in [0.717, 1.165) is 31.0 Å². The van der Waals surface area contributed by atoms with E-state index in [0.29, 0.717) is 49.8 Å². The highest BCUT2D eigenvalue weighted by atomic mass is 32.3. The minimum Gasteiger partial charge on any atom is -0.370 e. The molecule has 2 bridgehead atoms. The fourth-order valence-electron chi connectivity index (χ4n) is 4.47. The van der Waals surface area contributed by atoms with Gasteiger partial charge in [-0.15, -0.1) is 4.28 Å². The van der Waals surface area contributed by atoms with E-state index >= 15 is 0 Å². The third-order valence-electron chi connectivity index (χ3n) is 6.06. The number of nitrogens with zero attached hydrogens (tertiary/aromatic N) is 4. The van der Waals surface area contributed by atoms with E-state index in [2.05, 4.69) is 14.8 Å². The Labute approximate surface area is 179 Å².